The molecule has 648 valence electrons. The molecular weight excluding hydrogens is 1720 g/mol. The first-order valence-electron chi connectivity index (χ1n) is 46.3. The Morgan fingerprint density at radius 3 is 0.985 bits per heavy atom. The standard InChI is InChI=1S/C64H43N3S.C48H31ClN2S.C16H13N/c1-5-19-44(20-6-1)46-33-36-52(37-34-46)65(49-23-7-2-8-24-49)54-40-48(41-55(42-54)66(50-25-9-3-10-26-50)53-38-35-45-21-13-14-22-47(45)39-53)58-43-59-56-29-15-17-31-60(56)67(51-27-11-4-12-28-51)63(59)64-62(58)57-30-16-18-32-61(57)68-64;49-35-28-34(29-39(30-35)50(36-16-6-2-7-17-36)38-26-24-33(25-27-38)32-14-4-1-5-15-32)42-31-43-40-20-10-12-22-44(40)51(37-18-8-3-9-19-37)47(43)48-46(42)41-21-11-13-23-45(41)52-48;1-2-8-15(9-3-1)17-16-11-10-13-6-4-5-7-14(13)12-16/h1-43H;1-31H;1-12,17H. The SMILES string of the molecule is Clc1cc(-c2cc3c4ccccc4n(-c4ccccc4)c3c3sc4ccccc4c23)cc(N(c2ccccc2)c2ccc(-c3ccccc3)cc2)c1.c1ccc(-c2ccc(N(c3ccccc3)c3cc(-c4cc5c6ccccc6n(-c6ccccc6)c5c5sc6ccccc6c45)cc(N(c4ccccc4)c4ccc5ccccc5c4)c3)cc2)cc1.c1ccc(Nc2ccc3ccccc3c2)cc1. The largest absolute Gasteiger partial charge is 0.356 e. The number of thiophene rings is 2. The minimum absolute atomic E-state index is 0.689. The molecule has 9 heteroatoms. The van der Waals surface area contributed by atoms with Crippen molar-refractivity contribution in [1.29, 1.82) is 0 Å². The number of aromatic nitrogens is 2. The van der Waals surface area contributed by atoms with Crippen LogP contribution in [0.5, 0.6) is 0 Å². The smallest absolute Gasteiger partial charge is 0.0720 e. The average molecular weight is 1810 g/mol. The Hall–Kier alpha value is -17.1. The fourth-order valence-corrected chi connectivity index (χ4v) is 22.6. The Balaban J connectivity index is 0.000000130. The molecule has 22 aromatic carbocycles. The number of benzene rings is 22. The zero-order valence-electron chi connectivity index (χ0n) is 74.6. The molecule has 26 rings (SSSR count). The van der Waals surface area contributed by atoms with Crippen LogP contribution < -0.4 is 20.0 Å². The number of para-hydroxylation sites is 8. The van der Waals surface area contributed by atoms with Gasteiger partial charge in [-0.1, -0.05) is 339 Å². The van der Waals surface area contributed by atoms with Crippen molar-refractivity contribution in [3.63, 3.8) is 0 Å². The van der Waals surface area contributed by atoms with Crippen LogP contribution in [0.15, 0.2) is 522 Å². The molecular formula is C128H87ClN6S2. The normalized spacial score (nSPS) is 11.4. The van der Waals surface area contributed by atoms with Gasteiger partial charge in [-0.2, -0.15) is 0 Å². The Labute approximate surface area is 807 Å². The molecule has 137 heavy (non-hydrogen) atoms. The van der Waals surface area contributed by atoms with E-state index in [-0.39, 0.29) is 0 Å². The first-order valence-corrected chi connectivity index (χ1v) is 48.4. The Kier molecular flexibility index (Phi) is 22.1. The molecule has 0 saturated heterocycles. The number of hydrogen-bond acceptors (Lipinski definition) is 6. The van der Waals surface area contributed by atoms with Gasteiger partial charge >= 0.3 is 0 Å². The molecule has 0 fully saturated rings. The lowest BCUT2D eigenvalue weighted by molar-refractivity contribution is 1.19. The number of nitrogens with zero attached hydrogens (tertiary/aromatic N) is 5. The zero-order chi connectivity index (χ0) is 91.1. The van der Waals surface area contributed by atoms with Gasteiger partial charge in [-0.15, -0.1) is 22.7 Å². The molecule has 0 aliphatic rings. The van der Waals surface area contributed by atoms with E-state index in [2.05, 4.69) is 533 Å². The highest BCUT2D eigenvalue weighted by molar-refractivity contribution is 7.27. The number of anilines is 11. The Bertz CT molecular complexity index is 8920. The van der Waals surface area contributed by atoms with E-state index in [4.69, 9.17) is 11.6 Å². The van der Waals surface area contributed by atoms with Gasteiger partial charge in [0.2, 0.25) is 0 Å². The Morgan fingerprint density at radius 2 is 0.533 bits per heavy atom. The molecule has 1 N–H and O–H groups in total. The van der Waals surface area contributed by atoms with Crippen molar-refractivity contribution in [3.05, 3.63) is 527 Å². The van der Waals surface area contributed by atoms with Crippen LogP contribution in [0.1, 0.15) is 0 Å². The summed E-state index contributed by atoms with van der Waals surface area (Å²) in [6.45, 7) is 0. The summed E-state index contributed by atoms with van der Waals surface area (Å²) in [4.78, 5) is 7.13. The van der Waals surface area contributed by atoms with Crippen LogP contribution in [0.2, 0.25) is 5.02 Å². The fraction of sp³-hybridized carbons (Fsp3) is 0. The van der Waals surface area contributed by atoms with Crippen molar-refractivity contribution < 1.29 is 0 Å². The molecule has 4 heterocycles. The maximum atomic E-state index is 7.14. The third-order valence-corrected chi connectivity index (χ3v) is 28.7. The van der Waals surface area contributed by atoms with E-state index in [1.165, 1.54) is 139 Å². The lowest BCUT2D eigenvalue weighted by Crippen LogP contribution is -2.13. The summed E-state index contributed by atoms with van der Waals surface area (Å²) in [7, 11) is 0. The molecule has 0 radical (unpaired) electrons. The van der Waals surface area contributed by atoms with Crippen molar-refractivity contribution >= 4 is 202 Å². The maximum absolute atomic E-state index is 7.14. The zero-order valence-corrected chi connectivity index (χ0v) is 77.0. The average Bonchev–Trinajstić information content (AvgIpc) is 1.55. The van der Waals surface area contributed by atoms with Crippen molar-refractivity contribution in [2.75, 3.05) is 20.0 Å². The second-order valence-corrected chi connectivity index (χ2v) is 37.0. The molecule has 0 aliphatic carbocycles. The minimum Gasteiger partial charge on any atom is -0.356 e. The molecule has 0 atom stereocenters. The molecule has 0 bridgehead atoms. The van der Waals surface area contributed by atoms with E-state index in [0.29, 0.717) is 5.02 Å². The van der Waals surface area contributed by atoms with Crippen LogP contribution in [0.3, 0.4) is 0 Å². The summed E-state index contributed by atoms with van der Waals surface area (Å²) < 4.78 is 9.99. The van der Waals surface area contributed by atoms with Crippen LogP contribution in [-0.4, -0.2) is 9.13 Å². The summed E-state index contributed by atoms with van der Waals surface area (Å²) in [6, 6.07) is 187. The van der Waals surface area contributed by atoms with Gasteiger partial charge in [0.1, 0.15) is 0 Å². The second-order valence-electron chi connectivity index (χ2n) is 34.5. The summed E-state index contributed by atoms with van der Waals surface area (Å²) in [5.41, 5.74) is 28.3. The molecule has 0 saturated carbocycles. The van der Waals surface area contributed by atoms with Gasteiger partial charge in [0, 0.05) is 131 Å². The van der Waals surface area contributed by atoms with E-state index >= 15 is 0 Å². The molecule has 0 unspecified atom stereocenters. The lowest BCUT2D eigenvalue weighted by atomic mass is 9.95. The summed E-state index contributed by atoms with van der Waals surface area (Å²) in [5, 5.41) is 19.0. The van der Waals surface area contributed by atoms with Gasteiger partial charge in [-0.3, -0.25) is 0 Å². The molecule has 0 spiro atoms. The van der Waals surface area contributed by atoms with Crippen molar-refractivity contribution in [3.8, 4) is 55.9 Å². The van der Waals surface area contributed by atoms with Crippen molar-refractivity contribution in [2.45, 2.75) is 0 Å². The molecule has 26 aromatic rings. The first-order chi connectivity index (χ1) is 67.9. The van der Waals surface area contributed by atoms with Gasteiger partial charge in [-0.25, -0.2) is 0 Å². The highest BCUT2D eigenvalue weighted by Gasteiger charge is 2.28. The van der Waals surface area contributed by atoms with E-state index in [1.54, 1.807) is 0 Å². The number of nitrogens with one attached hydrogen (secondary N) is 1. The van der Waals surface area contributed by atoms with Crippen molar-refractivity contribution in [1.82, 2.24) is 9.13 Å². The van der Waals surface area contributed by atoms with E-state index in [9.17, 15) is 0 Å². The molecule has 4 aromatic heterocycles. The minimum atomic E-state index is 0.689. The Morgan fingerprint density at radius 1 is 0.204 bits per heavy atom. The number of halogens is 1. The predicted molar refractivity (Wildman–Crippen MR) is 589 cm³/mol. The predicted octanol–water partition coefficient (Wildman–Crippen LogP) is 37.8. The van der Waals surface area contributed by atoms with Crippen molar-refractivity contribution in [2.24, 2.45) is 0 Å². The summed E-state index contributed by atoms with van der Waals surface area (Å²) in [6.07, 6.45) is 0. The number of hydrogen-bond donors (Lipinski definition) is 1. The van der Waals surface area contributed by atoms with E-state index in [0.717, 1.165) is 85.1 Å². The first kappa shape index (κ1) is 83.0. The topological polar surface area (TPSA) is 31.6 Å². The van der Waals surface area contributed by atoms with E-state index in [1.807, 2.05) is 40.9 Å². The molecule has 6 nitrogen and oxygen atoms in total. The van der Waals surface area contributed by atoms with Gasteiger partial charge in [0.05, 0.1) is 31.5 Å². The highest BCUT2D eigenvalue weighted by Crippen LogP contribution is 2.54. The summed E-state index contributed by atoms with van der Waals surface area (Å²) >= 11 is 10.9. The highest BCUT2D eigenvalue weighted by atomic mass is 35.5. The number of rotatable bonds is 17. The quantitative estimate of drug-likeness (QED) is 0.0985. The van der Waals surface area contributed by atoms with Gasteiger partial charge in [0.15, 0.2) is 0 Å². The van der Waals surface area contributed by atoms with Crippen LogP contribution in [0.25, 0.3) is 161 Å². The monoisotopic (exact) mass is 1810 g/mol. The van der Waals surface area contributed by atoms with Gasteiger partial charge < -0.3 is 29.2 Å². The van der Waals surface area contributed by atoms with Gasteiger partial charge in [0.25, 0.3) is 0 Å². The number of fused-ring (bicyclic) bond motifs is 16. The van der Waals surface area contributed by atoms with E-state index < -0.39 is 0 Å². The van der Waals surface area contributed by atoms with Crippen LogP contribution in [-0.2, 0) is 0 Å². The lowest BCUT2D eigenvalue weighted by Gasteiger charge is -2.30. The second kappa shape index (κ2) is 36.5. The third-order valence-electron chi connectivity index (χ3n) is 26.1. The third kappa shape index (κ3) is 16.0. The summed E-state index contributed by atoms with van der Waals surface area (Å²) in [5.74, 6) is 0. The van der Waals surface area contributed by atoms with Crippen LogP contribution in [0, 0.1) is 0 Å². The van der Waals surface area contributed by atoms with Gasteiger partial charge in [-0.05, 0) is 260 Å². The molecule has 0 amide bonds. The molecule has 0 aliphatic heterocycles. The van der Waals surface area contributed by atoms with Crippen LogP contribution in [0.4, 0.5) is 62.6 Å². The van der Waals surface area contributed by atoms with Crippen LogP contribution >= 0.6 is 34.3 Å². The maximum Gasteiger partial charge on any atom is 0.0720 e. The fourth-order valence-electron chi connectivity index (χ4n) is 19.9.